The third-order valence-corrected chi connectivity index (χ3v) is 3.76. The summed E-state index contributed by atoms with van der Waals surface area (Å²) in [6.07, 6.45) is 3.73. The first-order valence-electron chi connectivity index (χ1n) is 6.22. The Labute approximate surface area is 112 Å². The average Bonchev–Trinajstić information content (AvgIpc) is 2.25. The second kappa shape index (κ2) is 13.6. The molecule has 0 fully saturated rings. The van der Waals surface area contributed by atoms with E-state index < -0.39 is 0 Å². The van der Waals surface area contributed by atoms with Crippen molar-refractivity contribution in [3.63, 3.8) is 0 Å². The maximum atomic E-state index is 9.78. The van der Waals surface area contributed by atoms with Gasteiger partial charge in [0.25, 0.3) is 0 Å². The summed E-state index contributed by atoms with van der Waals surface area (Å²) in [6.45, 7) is 9.41. The van der Waals surface area contributed by atoms with Crippen molar-refractivity contribution in [2.45, 2.75) is 46.1 Å². The van der Waals surface area contributed by atoms with Crippen molar-refractivity contribution in [3.05, 3.63) is 0 Å². The Morgan fingerprint density at radius 3 is 2.25 bits per heavy atom. The summed E-state index contributed by atoms with van der Waals surface area (Å²) in [5.74, 6) is 2.09. The van der Waals surface area contributed by atoms with Crippen LogP contribution in [0, 0.1) is 0 Å². The van der Waals surface area contributed by atoms with Crippen LogP contribution in [-0.2, 0) is 0 Å². The van der Waals surface area contributed by atoms with Gasteiger partial charge in [-0.15, -0.1) is 12.4 Å². The zero-order valence-corrected chi connectivity index (χ0v) is 12.6. The molecule has 0 rings (SSSR count). The molecule has 0 aromatic carbocycles. The SMILES string of the molecule is CCCCCSCC(O)CN(CC)CC.Cl. The van der Waals surface area contributed by atoms with E-state index in [4.69, 9.17) is 0 Å². The van der Waals surface area contributed by atoms with Gasteiger partial charge in [0.05, 0.1) is 6.10 Å². The van der Waals surface area contributed by atoms with E-state index >= 15 is 0 Å². The number of nitrogens with zero attached hydrogens (tertiary/aromatic N) is 1. The molecule has 0 spiro atoms. The minimum Gasteiger partial charge on any atom is -0.391 e. The molecule has 1 atom stereocenters. The van der Waals surface area contributed by atoms with Crippen molar-refractivity contribution in [1.82, 2.24) is 4.90 Å². The van der Waals surface area contributed by atoms with Crippen LogP contribution in [0.5, 0.6) is 0 Å². The standard InChI is InChI=1S/C12H27NOS.ClH/c1-4-7-8-9-15-11-12(14)10-13(5-2)6-3;/h12,14H,4-11H2,1-3H3;1H. The second-order valence-corrected chi connectivity index (χ2v) is 5.07. The van der Waals surface area contributed by atoms with Gasteiger partial charge in [-0.2, -0.15) is 11.8 Å². The van der Waals surface area contributed by atoms with E-state index in [-0.39, 0.29) is 18.5 Å². The summed E-state index contributed by atoms with van der Waals surface area (Å²) in [6, 6.07) is 0. The monoisotopic (exact) mass is 269 g/mol. The molecule has 0 aliphatic heterocycles. The van der Waals surface area contributed by atoms with Crippen molar-refractivity contribution in [2.24, 2.45) is 0 Å². The molecule has 0 radical (unpaired) electrons. The summed E-state index contributed by atoms with van der Waals surface area (Å²) in [7, 11) is 0. The third-order valence-electron chi connectivity index (χ3n) is 2.57. The van der Waals surface area contributed by atoms with Crippen LogP contribution in [0.3, 0.4) is 0 Å². The summed E-state index contributed by atoms with van der Waals surface area (Å²) in [5, 5.41) is 9.78. The number of aliphatic hydroxyl groups is 1. The number of hydrogen-bond donors (Lipinski definition) is 1. The number of rotatable bonds is 10. The minimum atomic E-state index is -0.156. The molecule has 1 unspecified atom stereocenters. The van der Waals surface area contributed by atoms with Crippen molar-refractivity contribution in [1.29, 1.82) is 0 Å². The number of aliphatic hydroxyl groups excluding tert-OH is 1. The predicted octanol–water partition coefficient (Wildman–Crippen LogP) is 3.03. The van der Waals surface area contributed by atoms with E-state index in [1.165, 1.54) is 25.0 Å². The lowest BCUT2D eigenvalue weighted by molar-refractivity contribution is 0.137. The fourth-order valence-corrected chi connectivity index (χ4v) is 2.46. The molecule has 4 heteroatoms. The first-order chi connectivity index (χ1) is 7.24. The highest BCUT2D eigenvalue weighted by molar-refractivity contribution is 7.99. The fourth-order valence-electron chi connectivity index (χ4n) is 1.51. The molecule has 0 aromatic rings. The molecule has 100 valence electrons. The molecule has 0 saturated carbocycles. The van der Waals surface area contributed by atoms with E-state index in [9.17, 15) is 5.11 Å². The predicted molar refractivity (Wildman–Crippen MR) is 77.9 cm³/mol. The van der Waals surface area contributed by atoms with Crippen LogP contribution < -0.4 is 0 Å². The Hall–Kier alpha value is 0.560. The van der Waals surface area contributed by atoms with Gasteiger partial charge in [-0.25, -0.2) is 0 Å². The smallest absolute Gasteiger partial charge is 0.0757 e. The van der Waals surface area contributed by atoms with Crippen LogP contribution in [0.1, 0.15) is 40.0 Å². The highest BCUT2D eigenvalue weighted by Gasteiger charge is 2.08. The molecule has 0 aromatic heterocycles. The lowest BCUT2D eigenvalue weighted by Gasteiger charge is -2.21. The maximum Gasteiger partial charge on any atom is 0.0757 e. The number of hydrogen-bond acceptors (Lipinski definition) is 3. The summed E-state index contributed by atoms with van der Waals surface area (Å²) >= 11 is 1.89. The van der Waals surface area contributed by atoms with Crippen molar-refractivity contribution in [3.8, 4) is 0 Å². The Morgan fingerprint density at radius 1 is 1.12 bits per heavy atom. The first kappa shape index (κ1) is 18.9. The Bertz CT molecular complexity index is 134. The molecule has 0 saturated heterocycles. The normalized spacial score (nSPS) is 12.6. The van der Waals surface area contributed by atoms with E-state index in [1.54, 1.807) is 0 Å². The molecular formula is C12H28ClNOS. The molecule has 0 amide bonds. The van der Waals surface area contributed by atoms with E-state index in [0.29, 0.717) is 0 Å². The molecule has 1 N–H and O–H groups in total. The summed E-state index contributed by atoms with van der Waals surface area (Å²) in [5.41, 5.74) is 0. The Kier molecular flexibility index (Phi) is 16.1. The highest BCUT2D eigenvalue weighted by Crippen LogP contribution is 2.08. The zero-order chi connectivity index (χ0) is 11.5. The van der Waals surface area contributed by atoms with E-state index in [1.807, 2.05) is 11.8 Å². The minimum absolute atomic E-state index is 0. The van der Waals surface area contributed by atoms with Crippen molar-refractivity contribution in [2.75, 3.05) is 31.1 Å². The molecule has 2 nitrogen and oxygen atoms in total. The third kappa shape index (κ3) is 11.1. The van der Waals surface area contributed by atoms with Crippen molar-refractivity contribution < 1.29 is 5.11 Å². The molecule has 0 heterocycles. The number of likely N-dealkylation sites (N-methyl/N-ethyl adjacent to an activating group) is 1. The van der Waals surface area contributed by atoms with Gasteiger partial charge in [0, 0.05) is 12.3 Å². The maximum absolute atomic E-state index is 9.78. The average molecular weight is 270 g/mol. The lowest BCUT2D eigenvalue weighted by Crippen LogP contribution is -2.33. The van der Waals surface area contributed by atoms with E-state index in [0.717, 1.165) is 25.4 Å². The van der Waals surface area contributed by atoms with Crippen molar-refractivity contribution >= 4 is 24.2 Å². The molecule has 0 aliphatic rings. The summed E-state index contributed by atoms with van der Waals surface area (Å²) in [4.78, 5) is 2.28. The number of halogens is 1. The highest BCUT2D eigenvalue weighted by atomic mass is 35.5. The molecule has 16 heavy (non-hydrogen) atoms. The second-order valence-electron chi connectivity index (χ2n) is 3.92. The van der Waals surface area contributed by atoms with Crippen LogP contribution in [0.25, 0.3) is 0 Å². The first-order valence-corrected chi connectivity index (χ1v) is 7.38. The number of unbranched alkanes of at least 4 members (excludes halogenated alkanes) is 2. The van der Waals surface area contributed by atoms with Gasteiger partial charge in [-0.1, -0.05) is 33.6 Å². The Balaban J connectivity index is 0. The van der Waals surface area contributed by atoms with Crippen LogP contribution >= 0.6 is 24.2 Å². The van der Waals surface area contributed by atoms with Gasteiger partial charge >= 0.3 is 0 Å². The van der Waals surface area contributed by atoms with Gasteiger partial charge in [0.15, 0.2) is 0 Å². The Morgan fingerprint density at radius 2 is 1.75 bits per heavy atom. The lowest BCUT2D eigenvalue weighted by atomic mass is 10.3. The quantitative estimate of drug-likeness (QED) is 0.617. The van der Waals surface area contributed by atoms with E-state index in [2.05, 4.69) is 25.7 Å². The van der Waals surface area contributed by atoms with Gasteiger partial charge in [-0.3, -0.25) is 0 Å². The topological polar surface area (TPSA) is 23.5 Å². The van der Waals surface area contributed by atoms with Gasteiger partial charge < -0.3 is 10.0 Å². The summed E-state index contributed by atoms with van der Waals surface area (Å²) < 4.78 is 0. The molecule has 0 bridgehead atoms. The van der Waals surface area contributed by atoms with Crippen LogP contribution in [0.15, 0.2) is 0 Å². The fraction of sp³-hybridized carbons (Fsp3) is 1.00. The van der Waals surface area contributed by atoms with Gasteiger partial charge in [-0.05, 0) is 25.3 Å². The van der Waals surface area contributed by atoms with Gasteiger partial charge in [0.2, 0.25) is 0 Å². The van der Waals surface area contributed by atoms with Crippen LogP contribution in [0.2, 0.25) is 0 Å². The molecular weight excluding hydrogens is 242 g/mol. The van der Waals surface area contributed by atoms with Gasteiger partial charge in [0.1, 0.15) is 0 Å². The zero-order valence-electron chi connectivity index (χ0n) is 10.9. The number of thioether (sulfide) groups is 1. The largest absolute Gasteiger partial charge is 0.391 e. The van der Waals surface area contributed by atoms with Crippen LogP contribution in [0.4, 0.5) is 0 Å². The van der Waals surface area contributed by atoms with Crippen LogP contribution in [-0.4, -0.2) is 47.3 Å². The molecule has 0 aliphatic carbocycles.